The average molecular weight is 406 g/mol. The Labute approximate surface area is 154 Å². The molecular formula is C15H17F3N4O4S. The van der Waals surface area contributed by atoms with E-state index in [0.717, 1.165) is 24.3 Å². The Kier molecular flexibility index (Phi) is 5.98. The molecule has 0 aliphatic rings. The topological polar surface area (TPSA) is 93.6 Å². The van der Waals surface area contributed by atoms with Crippen molar-refractivity contribution in [2.45, 2.75) is 18.2 Å². The lowest BCUT2D eigenvalue weighted by Crippen LogP contribution is -2.19. The third kappa shape index (κ3) is 5.61. The third-order valence-electron chi connectivity index (χ3n) is 3.06. The number of nitrogens with one attached hydrogen (secondary N) is 1. The van der Waals surface area contributed by atoms with Gasteiger partial charge in [-0.25, -0.2) is 13.4 Å². The smallest absolute Gasteiger partial charge is 0.464 e. The Bertz CT molecular complexity index is 887. The van der Waals surface area contributed by atoms with E-state index in [4.69, 9.17) is 4.74 Å². The van der Waals surface area contributed by atoms with Gasteiger partial charge in [-0.15, -0.1) is 13.2 Å². The monoisotopic (exact) mass is 406 g/mol. The molecule has 0 aliphatic heterocycles. The highest BCUT2D eigenvalue weighted by atomic mass is 32.2. The maximum absolute atomic E-state index is 12.5. The Hall–Kier alpha value is -2.76. The molecule has 1 N–H and O–H groups in total. The van der Waals surface area contributed by atoms with Gasteiger partial charge in [0.05, 0.1) is 17.7 Å². The zero-order valence-corrected chi connectivity index (χ0v) is 15.4. The third-order valence-corrected chi connectivity index (χ3v) is 4.44. The highest BCUT2D eigenvalue weighted by molar-refractivity contribution is 7.92. The predicted octanol–water partition coefficient (Wildman–Crippen LogP) is 2.64. The Morgan fingerprint density at radius 2 is 1.81 bits per heavy atom. The van der Waals surface area contributed by atoms with Crippen LogP contribution in [0.4, 0.5) is 24.7 Å². The summed E-state index contributed by atoms with van der Waals surface area (Å²) in [5.41, 5.74) is 0.0825. The zero-order valence-electron chi connectivity index (χ0n) is 14.6. The average Bonchev–Trinajstić information content (AvgIpc) is 2.55. The van der Waals surface area contributed by atoms with Crippen molar-refractivity contribution in [2.75, 3.05) is 30.3 Å². The number of aromatic nitrogens is 2. The molecule has 148 valence electrons. The minimum atomic E-state index is -4.86. The molecule has 0 saturated carbocycles. The summed E-state index contributed by atoms with van der Waals surface area (Å²) in [5.74, 6) is -0.270. The zero-order chi connectivity index (χ0) is 20.2. The summed E-state index contributed by atoms with van der Waals surface area (Å²) in [6, 6.07) is 3.88. The van der Waals surface area contributed by atoms with Gasteiger partial charge >= 0.3 is 12.4 Å². The molecule has 0 bridgehead atoms. The first-order valence-electron chi connectivity index (χ1n) is 7.57. The molecule has 0 spiro atoms. The summed E-state index contributed by atoms with van der Waals surface area (Å²) < 4.78 is 72.8. The van der Waals surface area contributed by atoms with E-state index < -0.39 is 22.1 Å². The van der Waals surface area contributed by atoms with Crippen LogP contribution < -0.4 is 19.1 Å². The number of hydrogen-bond acceptors (Lipinski definition) is 7. The SMILES string of the molecule is CCOc1ncc(NS(=O)(=O)c2ccc(OC(F)(F)F)cc2)c(N(C)C)n1. The fourth-order valence-electron chi connectivity index (χ4n) is 1.99. The van der Waals surface area contributed by atoms with Crippen molar-refractivity contribution in [3.63, 3.8) is 0 Å². The first kappa shape index (κ1) is 20.6. The molecule has 2 rings (SSSR count). The molecule has 0 saturated heterocycles. The van der Waals surface area contributed by atoms with Crippen molar-refractivity contribution in [1.82, 2.24) is 9.97 Å². The Balaban J connectivity index is 2.28. The van der Waals surface area contributed by atoms with Crippen molar-refractivity contribution in [1.29, 1.82) is 0 Å². The molecule has 1 heterocycles. The quantitative estimate of drug-likeness (QED) is 0.755. The summed E-state index contributed by atoms with van der Waals surface area (Å²) in [6.45, 7) is 2.09. The minimum Gasteiger partial charge on any atom is -0.464 e. The second kappa shape index (κ2) is 7.86. The van der Waals surface area contributed by atoms with Gasteiger partial charge in [0.1, 0.15) is 11.4 Å². The van der Waals surface area contributed by atoms with Crippen molar-refractivity contribution in [3.8, 4) is 11.8 Å². The predicted molar refractivity (Wildman–Crippen MR) is 91.5 cm³/mol. The molecule has 0 atom stereocenters. The maximum Gasteiger partial charge on any atom is 0.573 e. The van der Waals surface area contributed by atoms with Crippen LogP contribution in [0.2, 0.25) is 0 Å². The molecule has 0 aliphatic carbocycles. The number of benzene rings is 1. The molecule has 0 unspecified atom stereocenters. The van der Waals surface area contributed by atoms with E-state index >= 15 is 0 Å². The van der Waals surface area contributed by atoms with Crippen LogP contribution in [0, 0.1) is 0 Å². The maximum atomic E-state index is 12.5. The number of alkyl halides is 3. The summed E-state index contributed by atoms with van der Waals surface area (Å²) in [6.07, 6.45) is -3.62. The lowest BCUT2D eigenvalue weighted by atomic mass is 10.3. The highest BCUT2D eigenvalue weighted by Crippen LogP contribution is 2.27. The molecule has 0 amide bonds. The van der Waals surface area contributed by atoms with Crippen molar-refractivity contribution >= 4 is 21.5 Å². The molecule has 27 heavy (non-hydrogen) atoms. The molecule has 2 aromatic rings. The summed E-state index contributed by atoms with van der Waals surface area (Å²) in [5, 5.41) is 0. The Morgan fingerprint density at radius 3 is 2.33 bits per heavy atom. The first-order valence-corrected chi connectivity index (χ1v) is 9.06. The second-order valence-corrected chi connectivity index (χ2v) is 7.02. The van der Waals surface area contributed by atoms with Gasteiger partial charge < -0.3 is 14.4 Å². The molecular weight excluding hydrogens is 389 g/mol. The van der Waals surface area contributed by atoms with Crippen molar-refractivity contribution in [3.05, 3.63) is 30.5 Å². The standard InChI is InChI=1S/C15H17F3N4O4S/c1-4-25-14-19-9-12(13(20-14)22(2)3)21-27(23,24)11-7-5-10(6-8-11)26-15(16,17)18/h5-9,21H,4H2,1-3H3. The fourth-order valence-corrected chi connectivity index (χ4v) is 3.04. The summed E-state index contributed by atoms with van der Waals surface area (Å²) >= 11 is 0. The number of halogens is 3. The highest BCUT2D eigenvalue weighted by Gasteiger charge is 2.31. The van der Waals surface area contributed by atoms with E-state index in [0.29, 0.717) is 6.61 Å². The van der Waals surface area contributed by atoms with Crippen LogP contribution in [0.15, 0.2) is 35.4 Å². The molecule has 1 aromatic heterocycles. The van der Waals surface area contributed by atoms with Crippen LogP contribution >= 0.6 is 0 Å². The van der Waals surface area contributed by atoms with Crippen LogP contribution in [0.3, 0.4) is 0 Å². The number of nitrogens with zero attached hydrogens (tertiary/aromatic N) is 3. The van der Waals surface area contributed by atoms with Crippen molar-refractivity contribution < 1.29 is 31.1 Å². The fraction of sp³-hybridized carbons (Fsp3) is 0.333. The van der Waals surface area contributed by atoms with Gasteiger partial charge in [0, 0.05) is 14.1 Å². The molecule has 12 heteroatoms. The number of anilines is 2. The van der Waals surface area contributed by atoms with E-state index in [1.165, 1.54) is 6.20 Å². The van der Waals surface area contributed by atoms with Crippen LogP contribution in [-0.2, 0) is 10.0 Å². The van der Waals surface area contributed by atoms with Gasteiger partial charge in [0.25, 0.3) is 10.0 Å². The van der Waals surface area contributed by atoms with E-state index in [9.17, 15) is 21.6 Å². The van der Waals surface area contributed by atoms with Crippen molar-refractivity contribution in [2.24, 2.45) is 0 Å². The van der Waals surface area contributed by atoms with Gasteiger partial charge in [-0.3, -0.25) is 4.72 Å². The first-order chi connectivity index (χ1) is 12.5. The molecule has 8 nitrogen and oxygen atoms in total. The molecule has 0 radical (unpaired) electrons. The molecule has 0 fully saturated rings. The lowest BCUT2D eigenvalue weighted by molar-refractivity contribution is -0.274. The number of rotatable bonds is 7. The van der Waals surface area contributed by atoms with Gasteiger partial charge in [-0.05, 0) is 31.2 Å². The van der Waals surface area contributed by atoms with Crippen LogP contribution in [-0.4, -0.2) is 45.5 Å². The summed E-state index contributed by atoms with van der Waals surface area (Å²) in [7, 11) is -0.785. The van der Waals surface area contributed by atoms with Gasteiger partial charge in [-0.2, -0.15) is 4.98 Å². The Morgan fingerprint density at radius 1 is 1.19 bits per heavy atom. The second-order valence-electron chi connectivity index (χ2n) is 5.34. The van der Waals surface area contributed by atoms with E-state index in [1.807, 2.05) is 0 Å². The van der Waals surface area contributed by atoms with Gasteiger partial charge in [0.2, 0.25) is 0 Å². The van der Waals surface area contributed by atoms with Crippen LogP contribution in [0.1, 0.15) is 6.92 Å². The largest absolute Gasteiger partial charge is 0.573 e. The van der Waals surface area contributed by atoms with Crippen LogP contribution in [0.25, 0.3) is 0 Å². The minimum absolute atomic E-state index is 0.0813. The van der Waals surface area contributed by atoms with E-state index in [1.54, 1.807) is 25.9 Å². The lowest BCUT2D eigenvalue weighted by Gasteiger charge is -2.17. The number of ether oxygens (including phenoxy) is 2. The van der Waals surface area contributed by atoms with E-state index in [2.05, 4.69) is 19.4 Å². The summed E-state index contributed by atoms with van der Waals surface area (Å²) in [4.78, 5) is 9.33. The van der Waals surface area contributed by atoms with E-state index in [-0.39, 0.29) is 22.4 Å². The van der Waals surface area contributed by atoms with Gasteiger partial charge in [-0.1, -0.05) is 0 Å². The number of sulfonamides is 1. The normalized spacial score (nSPS) is 11.8. The van der Waals surface area contributed by atoms with Gasteiger partial charge in [0.15, 0.2) is 5.82 Å². The molecule has 1 aromatic carbocycles. The van der Waals surface area contributed by atoms with Crippen LogP contribution in [0.5, 0.6) is 11.8 Å². The number of hydrogen-bond donors (Lipinski definition) is 1.